The highest BCUT2D eigenvalue weighted by molar-refractivity contribution is 5.92. The van der Waals surface area contributed by atoms with Crippen LogP contribution in [-0.4, -0.2) is 63.5 Å². The van der Waals surface area contributed by atoms with Crippen LogP contribution in [-0.2, 0) is 30.2 Å². The van der Waals surface area contributed by atoms with Gasteiger partial charge in [-0.25, -0.2) is 0 Å². The first-order chi connectivity index (χ1) is 18.7. The van der Waals surface area contributed by atoms with E-state index in [9.17, 15) is 4.79 Å². The van der Waals surface area contributed by atoms with E-state index in [-0.39, 0.29) is 24.3 Å². The molecule has 3 atom stereocenters. The number of amides is 1. The zero-order valence-electron chi connectivity index (χ0n) is 22.2. The number of carbonyl (C=O) groups is 1. The van der Waals surface area contributed by atoms with Crippen LogP contribution in [0.3, 0.4) is 0 Å². The molecule has 7 nitrogen and oxygen atoms in total. The lowest BCUT2D eigenvalue weighted by molar-refractivity contribution is -0.168. The van der Waals surface area contributed by atoms with E-state index in [4.69, 9.17) is 24.1 Å². The van der Waals surface area contributed by atoms with Crippen molar-refractivity contribution < 1.29 is 28.8 Å². The summed E-state index contributed by atoms with van der Waals surface area (Å²) in [7, 11) is 0. The summed E-state index contributed by atoms with van der Waals surface area (Å²) in [6.07, 6.45) is 5.39. The average Bonchev–Trinajstić information content (AvgIpc) is 3.69. The first-order valence-electron chi connectivity index (χ1n) is 13.9. The van der Waals surface area contributed by atoms with Crippen molar-refractivity contribution >= 4 is 5.91 Å². The molecule has 0 radical (unpaired) electrons. The number of allylic oxidation sites excluding steroid dienone is 1. The number of rotatable bonds is 14. The third kappa shape index (κ3) is 6.29. The number of aliphatic hydroxyl groups is 1. The second-order valence-electron chi connectivity index (χ2n) is 10.3. The van der Waals surface area contributed by atoms with Crippen molar-refractivity contribution in [3.63, 3.8) is 0 Å². The van der Waals surface area contributed by atoms with Gasteiger partial charge in [0.15, 0.2) is 5.76 Å². The van der Waals surface area contributed by atoms with Crippen LogP contribution in [0, 0.1) is 11.8 Å². The van der Waals surface area contributed by atoms with Gasteiger partial charge >= 0.3 is 0 Å². The predicted octanol–water partition coefficient (Wildman–Crippen LogP) is 4.18. The van der Waals surface area contributed by atoms with E-state index in [1.54, 1.807) is 0 Å². The molecular formula is C31H39NO6. The molecule has 0 unspecified atom stereocenters. The predicted molar refractivity (Wildman–Crippen MR) is 145 cm³/mol. The smallest absolute Gasteiger partial charge is 0.286 e. The standard InChI is InChI=1S/C31H39NO6/c1-2-37-31-26(12-14-35-16-17-36-15-13-33)28(19-29(38-31)30(34)32-20-21-10-11-21)25-9-5-8-24-23-7-4-3-6-22(23)18-27(24)25/h3-9,19,21,26,28,31,33H,2,10-18,20H2,1H3,(H,32,34)/t26-,28-,31-/m1/s1. The third-order valence-corrected chi connectivity index (χ3v) is 7.64. The molecule has 2 aromatic carbocycles. The molecule has 3 aliphatic rings. The van der Waals surface area contributed by atoms with Gasteiger partial charge in [0.1, 0.15) is 0 Å². The van der Waals surface area contributed by atoms with Crippen molar-refractivity contribution in [3.05, 3.63) is 71.0 Å². The highest BCUT2D eigenvalue weighted by Gasteiger charge is 2.40. The van der Waals surface area contributed by atoms with Gasteiger partial charge in [0.05, 0.1) is 26.4 Å². The fourth-order valence-corrected chi connectivity index (χ4v) is 5.54. The summed E-state index contributed by atoms with van der Waals surface area (Å²) in [6, 6.07) is 15.1. The Kier molecular flexibility index (Phi) is 9.12. The number of hydrogen-bond acceptors (Lipinski definition) is 6. The zero-order valence-corrected chi connectivity index (χ0v) is 22.2. The van der Waals surface area contributed by atoms with Crippen molar-refractivity contribution in [3.8, 4) is 11.1 Å². The lowest BCUT2D eigenvalue weighted by atomic mass is 9.78. The van der Waals surface area contributed by atoms with E-state index in [0.29, 0.717) is 57.7 Å². The van der Waals surface area contributed by atoms with E-state index < -0.39 is 6.29 Å². The van der Waals surface area contributed by atoms with Crippen LogP contribution in [0.15, 0.2) is 54.3 Å². The van der Waals surface area contributed by atoms with E-state index in [0.717, 1.165) is 6.42 Å². The molecule has 0 spiro atoms. The Bertz CT molecular complexity index is 1130. The quantitative estimate of drug-likeness (QED) is 0.310. The number of carbonyl (C=O) groups excluding carboxylic acids is 1. The Balaban J connectivity index is 1.41. The number of fused-ring (bicyclic) bond motifs is 3. The van der Waals surface area contributed by atoms with Crippen molar-refractivity contribution in [1.82, 2.24) is 5.32 Å². The van der Waals surface area contributed by atoms with Crippen LogP contribution in [0.5, 0.6) is 0 Å². The number of ether oxygens (including phenoxy) is 4. The average molecular weight is 522 g/mol. The van der Waals surface area contributed by atoms with Crippen molar-refractivity contribution in [2.75, 3.05) is 46.2 Å². The summed E-state index contributed by atoms with van der Waals surface area (Å²) in [5.74, 6) is 0.683. The normalized spacial score (nSPS) is 21.8. The molecule has 2 aromatic rings. The largest absolute Gasteiger partial charge is 0.459 e. The Morgan fingerprint density at radius 1 is 1.03 bits per heavy atom. The van der Waals surface area contributed by atoms with Crippen molar-refractivity contribution in [1.29, 1.82) is 0 Å². The highest BCUT2D eigenvalue weighted by Crippen LogP contribution is 2.45. The maximum atomic E-state index is 13.1. The number of aliphatic hydroxyl groups excluding tert-OH is 1. The molecule has 7 heteroatoms. The third-order valence-electron chi connectivity index (χ3n) is 7.64. The van der Waals surface area contributed by atoms with Crippen molar-refractivity contribution in [2.45, 2.75) is 44.8 Å². The van der Waals surface area contributed by atoms with E-state index >= 15 is 0 Å². The molecule has 5 rings (SSSR count). The van der Waals surface area contributed by atoms with Crippen LogP contribution in [0.25, 0.3) is 11.1 Å². The van der Waals surface area contributed by atoms with Gasteiger partial charge in [-0.3, -0.25) is 4.79 Å². The van der Waals surface area contributed by atoms with Gasteiger partial charge in [0, 0.05) is 31.6 Å². The van der Waals surface area contributed by atoms with Gasteiger partial charge in [0.2, 0.25) is 6.29 Å². The van der Waals surface area contributed by atoms with Gasteiger partial charge in [-0.05, 0) is 72.4 Å². The van der Waals surface area contributed by atoms with Crippen LogP contribution in [0.1, 0.15) is 48.8 Å². The summed E-state index contributed by atoms with van der Waals surface area (Å²) in [6.45, 7) is 4.86. The number of benzene rings is 2. The molecule has 0 aromatic heterocycles. The minimum atomic E-state index is -0.550. The molecule has 2 N–H and O–H groups in total. The molecule has 204 valence electrons. The molecular weight excluding hydrogens is 482 g/mol. The first-order valence-corrected chi connectivity index (χ1v) is 13.9. The molecule has 0 bridgehead atoms. The van der Waals surface area contributed by atoms with E-state index in [2.05, 4.69) is 47.8 Å². The maximum absolute atomic E-state index is 13.1. The molecule has 1 amide bonds. The number of nitrogens with one attached hydrogen (secondary N) is 1. The van der Waals surface area contributed by atoms with Gasteiger partial charge in [-0.2, -0.15) is 0 Å². The minimum absolute atomic E-state index is 0.00525. The van der Waals surface area contributed by atoms with Gasteiger partial charge in [-0.15, -0.1) is 0 Å². The second-order valence-corrected chi connectivity index (χ2v) is 10.3. The Morgan fingerprint density at radius 3 is 2.61 bits per heavy atom. The van der Waals surface area contributed by atoms with Crippen LogP contribution < -0.4 is 5.32 Å². The Labute approximate surface area is 225 Å². The summed E-state index contributed by atoms with van der Waals surface area (Å²) < 4.78 is 23.5. The summed E-state index contributed by atoms with van der Waals surface area (Å²) in [5, 5.41) is 11.9. The molecule has 38 heavy (non-hydrogen) atoms. The molecule has 1 aliphatic heterocycles. The van der Waals surface area contributed by atoms with Crippen LogP contribution in [0.2, 0.25) is 0 Å². The van der Waals surface area contributed by atoms with Gasteiger partial charge in [0.25, 0.3) is 5.91 Å². The van der Waals surface area contributed by atoms with Crippen LogP contribution in [0.4, 0.5) is 0 Å². The first kappa shape index (κ1) is 26.9. The lowest BCUT2D eigenvalue weighted by Crippen LogP contribution is -2.40. The Hall–Kier alpha value is -2.71. The Morgan fingerprint density at radius 2 is 1.82 bits per heavy atom. The van der Waals surface area contributed by atoms with E-state index in [1.807, 2.05) is 13.0 Å². The lowest BCUT2D eigenvalue weighted by Gasteiger charge is -2.37. The van der Waals surface area contributed by atoms with E-state index in [1.165, 1.54) is 40.7 Å². The molecule has 1 fully saturated rings. The summed E-state index contributed by atoms with van der Waals surface area (Å²) in [4.78, 5) is 13.1. The molecule has 1 saturated carbocycles. The number of hydrogen-bond donors (Lipinski definition) is 2. The minimum Gasteiger partial charge on any atom is -0.459 e. The summed E-state index contributed by atoms with van der Waals surface area (Å²) >= 11 is 0. The van der Waals surface area contributed by atoms with Gasteiger partial charge < -0.3 is 29.4 Å². The van der Waals surface area contributed by atoms with Crippen LogP contribution >= 0.6 is 0 Å². The summed E-state index contributed by atoms with van der Waals surface area (Å²) in [5.41, 5.74) is 6.41. The fraction of sp³-hybridized carbons (Fsp3) is 0.516. The van der Waals surface area contributed by atoms with Gasteiger partial charge in [-0.1, -0.05) is 42.5 Å². The second kappa shape index (κ2) is 12.9. The monoisotopic (exact) mass is 521 g/mol. The highest BCUT2D eigenvalue weighted by atomic mass is 16.7. The van der Waals surface area contributed by atoms with Crippen molar-refractivity contribution in [2.24, 2.45) is 11.8 Å². The molecule has 0 saturated heterocycles. The molecule has 1 heterocycles. The topological polar surface area (TPSA) is 86.3 Å². The molecule has 2 aliphatic carbocycles. The fourth-order valence-electron chi connectivity index (χ4n) is 5.54. The SMILES string of the molecule is CCO[C@@H]1OC(C(=O)NCC2CC2)=C[C@H](c2cccc3c2Cc2ccccc2-3)[C@H]1CCOCCOCCO. The maximum Gasteiger partial charge on any atom is 0.286 e. The zero-order chi connectivity index (χ0) is 26.3.